The molecule has 0 spiro atoms. The van der Waals surface area contributed by atoms with Crippen LogP contribution in [0.1, 0.15) is 32.1 Å². The molecular weight excluding hydrogens is 138 g/mol. The predicted octanol–water partition coefficient (Wildman–Crippen LogP) is 0.996. The molecule has 1 aliphatic carbocycles. The summed E-state index contributed by atoms with van der Waals surface area (Å²) in [5.74, 6) is 0. The van der Waals surface area contributed by atoms with E-state index in [9.17, 15) is 5.11 Å². The van der Waals surface area contributed by atoms with Crippen LogP contribution in [0.2, 0.25) is 0 Å². The van der Waals surface area contributed by atoms with Gasteiger partial charge in [-0.2, -0.15) is 0 Å². The molecule has 0 aromatic heterocycles. The van der Waals surface area contributed by atoms with Gasteiger partial charge < -0.3 is 10.0 Å². The Morgan fingerprint density at radius 2 is 2.27 bits per heavy atom. The van der Waals surface area contributed by atoms with Crippen molar-refractivity contribution in [2.75, 3.05) is 13.6 Å². The summed E-state index contributed by atoms with van der Waals surface area (Å²) < 4.78 is 0. The van der Waals surface area contributed by atoms with Crippen molar-refractivity contribution in [3.8, 4) is 0 Å². The first-order chi connectivity index (χ1) is 5.20. The molecule has 11 heavy (non-hydrogen) atoms. The Labute approximate surface area is 68.2 Å². The van der Waals surface area contributed by atoms with Crippen LogP contribution >= 0.6 is 0 Å². The van der Waals surface area contributed by atoms with Gasteiger partial charge in [-0.3, -0.25) is 0 Å². The predicted molar refractivity (Wildman–Crippen MR) is 44.5 cm³/mol. The normalized spacial score (nSPS) is 36.0. The van der Waals surface area contributed by atoms with E-state index in [2.05, 4.69) is 11.9 Å². The molecule has 2 fully saturated rings. The highest BCUT2D eigenvalue weighted by Crippen LogP contribution is 2.41. The number of hydrogen-bond donors (Lipinski definition) is 1. The molecule has 0 bridgehead atoms. The van der Waals surface area contributed by atoms with Crippen LogP contribution in [0.4, 0.5) is 0 Å². The molecule has 0 amide bonds. The van der Waals surface area contributed by atoms with E-state index in [4.69, 9.17) is 0 Å². The molecule has 0 aromatic carbocycles. The second kappa shape index (κ2) is 2.46. The SMILES string of the molecule is CN1CCCC1CC1(O)CC1. The lowest BCUT2D eigenvalue weighted by atomic mass is 10.1. The molecule has 1 atom stereocenters. The molecule has 2 heteroatoms. The van der Waals surface area contributed by atoms with Gasteiger partial charge in [0.1, 0.15) is 0 Å². The number of aliphatic hydroxyl groups is 1. The van der Waals surface area contributed by atoms with Crippen LogP contribution in [-0.2, 0) is 0 Å². The molecule has 64 valence electrons. The van der Waals surface area contributed by atoms with Gasteiger partial charge in [0.25, 0.3) is 0 Å². The van der Waals surface area contributed by atoms with Crippen molar-refractivity contribution in [2.45, 2.75) is 43.7 Å². The molecule has 0 aromatic rings. The lowest BCUT2D eigenvalue weighted by molar-refractivity contribution is 0.107. The van der Waals surface area contributed by atoms with E-state index >= 15 is 0 Å². The summed E-state index contributed by atoms with van der Waals surface area (Å²) in [4.78, 5) is 2.39. The Hall–Kier alpha value is -0.0800. The van der Waals surface area contributed by atoms with Crippen LogP contribution in [0.25, 0.3) is 0 Å². The van der Waals surface area contributed by atoms with Crippen LogP contribution in [-0.4, -0.2) is 35.2 Å². The molecule has 1 unspecified atom stereocenters. The van der Waals surface area contributed by atoms with Gasteiger partial charge in [0.05, 0.1) is 5.60 Å². The van der Waals surface area contributed by atoms with E-state index in [0.29, 0.717) is 6.04 Å². The first-order valence-corrected chi connectivity index (χ1v) is 4.62. The fourth-order valence-electron chi connectivity index (χ4n) is 2.02. The van der Waals surface area contributed by atoms with E-state index in [1.54, 1.807) is 0 Å². The molecule has 2 nitrogen and oxygen atoms in total. The third-order valence-electron chi connectivity index (χ3n) is 3.11. The zero-order valence-electron chi connectivity index (χ0n) is 7.21. The molecule has 2 rings (SSSR count). The Bertz CT molecular complexity index is 154. The lowest BCUT2D eigenvalue weighted by Crippen LogP contribution is -2.29. The molecule has 1 saturated carbocycles. The van der Waals surface area contributed by atoms with Crippen LogP contribution in [0, 0.1) is 0 Å². The Balaban J connectivity index is 1.85. The van der Waals surface area contributed by atoms with Gasteiger partial charge >= 0.3 is 0 Å². The van der Waals surface area contributed by atoms with Gasteiger partial charge in [0.15, 0.2) is 0 Å². The number of rotatable bonds is 2. The second-order valence-corrected chi connectivity index (χ2v) is 4.21. The molecule has 0 radical (unpaired) electrons. The van der Waals surface area contributed by atoms with E-state index in [1.807, 2.05) is 0 Å². The van der Waals surface area contributed by atoms with Crippen molar-refractivity contribution in [2.24, 2.45) is 0 Å². The number of nitrogens with zero attached hydrogens (tertiary/aromatic N) is 1. The van der Waals surface area contributed by atoms with Gasteiger partial charge in [0.2, 0.25) is 0 Å². The van der Waals surface area contributed by atoms with Gasteiger partial charge in [-0.25, -0.2) is 0 Å². The van der Waals surface area contributed by atoms with Crippen molar-refractivity contribution in [3.05, 3.63) is 0 Å². The summed E-state index contributed by atoms with van der Waals surface area (Å²) in [6.07, 6.45) is 5.70. The smallest absolute Gasteiger partial charge is 0.0664 e. The van der Waals surface area contributed by atoms with Crippen molar-refractivity contribution in [1.29, 1.82) is 0 Å². The molecule has 1 heterocycles. The zero-order valence-corrected chi connectivity index (χ0v) is 7.21. The Morgan fingerprint density at radius 3 is 2.73 bits per heavy atom. The number of likely N-dealkylation sites (tertiary alicyclic amines) is 1. The van der Waals surface area contributed by atoms with Gasteiger partial charge in [-0.1, -0.05) is 0 Å². The molecule has 1 aliphatic heterocycles. The summed E-state index contributed by atoms with van der Waals surface area (Å²) >= 11 is 0. The highest BCUT2D eigenvalue weighted by Gasteiger charge is 2.43. The fourth-order valence-corrected chi connectivity index (χ4v) is 2.02. The van der Waals surface area contributed by atoms with Crippen molar-refractivity contribution in [1.82, 2.24) is 4.90 Å². The molecule has 1 saturated heterocycles. The third-order valence-corrected chi connectivity index (χ3v) is 3.11. The second-order valence-electron chi connectivity index (χ2n) is 4.21. The fraction of sp³-hybridized carbons (Fsp3) is 1.00. The van der Waals surface area contributed by atoms with Crippen LogP contribution in [0.15, 0.2) is 0 Å². The summed E-state index contributed by atoms with van der Waals surface area (Å²) in [6.45, 7) is 1.22. The minimum atomic E-state index is -0.247. The van der Waals surface area contributed by atoms with E-state index < -0.39 is 0 Å². The monoisotopic (exact) mass is 155 g/mol. The quantitative estimate of drug-likeness (QED) is 0.643. The summed E-state index contributed by atoms with van der Waals surface area (Å²) in [5, 5.41) is 9.68. The van der Waals surface area contributed by atoms with Crippen LogP contribution in [0.3, 0.4) is 0 Å². The first kappa shape index (κ1) is 7.56. The Morgan fingerprint density at radius 1 is 1.55 bits per heavy atom. The zero-order chi connectivity index (χ0) is 7.90. The van der Waals surface area contributed by atoms with E-state index in [0.717, 1.165) is 19.3 Å². The standard InChI is InChI=1S/C9H17NO/c1-10-6-2-3-8(10)7-9(11)4-5-9/h8,11H,2-7H2,1H3. The van der Waals surface area contributed by atoms with Crippen LogP contribution < -0.4 is 0 Å². The van der Waals surface area contributed by atoms with Gasteiger partial charge in [-0.15, -0.1) is 0 Å². The maximum absolute atomic E-state index is 9.68. The minimum Gasteiger partial charge on any atom is -0.390 e. The summed E-state index contributed by atoms with van der Waals surface area (Å²) in [6, 6.07) is 0.669. The van der Waals surface area contributed by atoms with E-state index in [1.165, 1.54) is 19.4 Å². The summed E-state index contributed by atoms with van der Waals surface area (Å²) in [7, 11) is 2.17. The van der Waals surface area contributed by atoms with Crippen molar-refractivity contribution >= 4 is 0 Å². The average Bonchev–Trinajstić information content (AvgIpc) is 2.54. The topological polar surface area (TPSA) is 23.5 Å². The maximum Gasteiger partial charge on any atom is 0.0664 e. The lowest BCUT2D eigenvalue weighted by Gasteiger charge is -2.21. The molecular formula is C9H17NO. The minimum absolute atomic E-state index is 0.247. The van der Waals surface area contributed by atoms with Gasteiger partial charge in [-0.05, 0) is 45.7 Å². The average molecular weight is 155 g/mol. The van der Waals surface area contributed by atoms with E-state index in [-0.39, 0.29) is 5.60 Å². The van der Waals surface area contributed by atoms with Crippen molar-refractivity contribution in [3.63, 3.8) is 0 Å². The highest BCUT2D eigenvalue weighted by molar-refractivity contribution is 4.97. The summed E-state index contributed by atoms with van der Waals surface area (Å²) in [5.41, 5.74) is -0.247. The number of hydrogen-bond acceptors (Lipinski definition) is 2. The van der Waals surface area contributed by atoms with Crippen LogP contribution in [0.5, 0.6) is 0 Å². The van der Waals surface area contributed by atoms with Gasteiger partial charge in [0, 0.05) is 6.04 Å². The van der Waals surface area contributed by atoms with Crippen molar-refractivity contribution < 1.29 is 5.11 Å². The maximum atomic E-state index is 9.68. The molecule has 2 aliphatic rings. The third kappa shape index (κ3) is 1.57. The Kier molecular flexibility index (Phi) is 1.69. The highest BCUT2D eigenvalue weighted by atomic mass is 16.3. The largest absolute Gasteiger partial charge is 0.390 e. The first-order valence-electron chi connectivity index (χ1n) is 4.62. The molecule has 1 N–H and O–H groups in total.